The summed E-state index contributed by atoms with van der Waals surface area (Å²) in [5.41, 5.74) is 0. The van der Waals surface area contributed by atoms with Gasteiger partial charge in [0.1, 0.15) is 0 Å². The number of hydrogen-bond acceptors (Lipinski definition) is 3. The second kappa shape index (κ2) is 14.8. The zero-order chi connectivity index (χ0) is 15.1. The molecule has 0 rings (SSSR count). The lowest BCUT2D eigenvalue weighted by atomic mass is 10.2. The van der Waals surface area contributed by atoms with E-state index in [4.69, 9.17) is 9.47 Å². The van der Waals surface area contributed by atoms with Gasteiger partial charge in [0.15, 0.2) is 6.10 Å². The lowest BCUT2D eigenvalue weighted by Gasteiger charge is -2.12. The summed E-state index contributed by atoms with van der Waals surface area (Å²) >= 11 is 0. The summed E-state index contributed by atoms with van der Waals surface area (Å²) in [6.07, 6.45) is 11.5. The van der Waals surface area contributed by atoms with E-state index in [1.807, 2.05) is 0 Å². The minimum Gasteiger partial charge on any atom is -0.464 e. The lowest BCUT2D eigenvalue weighted by molar-refractivity contribution is -0.156. The first-order valence-electron chi connectivity index (χ1n) is 8.50. The third-order valence-corrected chi connectivity index (χ3v) is 3.44. The Bertz CT molecular complexity index is 216. The molecular formula is C17H34O3. The van der Waals surface area contributed by atoms with Crippen molar-refractivity contribution in [3.8, 4) is 0 Å². The molecule has 0 aromatic heterocycles. The highest BCUT2D eigenvalue weighted by Gasteiger charge is 2.14. The Kier molecular flexibility index (Phi) is 14.4. The van der Waals surface area contributed by atoms with Gasteiger partial charge in [-0.15, -0.1) is 0 Å². The smallest absolute Gasteiger partial charge is 0.334 e. The molecule has 0 spiro atoms. The number of rotatable bonds is 14. The Labute approximate surface area is 125 Å². The molecule has 0 aliphatic heterocycles. The highest BCUT2D eigenvalue weighted by atomic mass is 16.6. The minimum absolute atomic E-state index is 0.214. The maximum Gasteiger partial charge on any atom is 0.334 e. The van der Waals surface area contributed by atoms with E-state index in [0.29, 0.717) is 13.2 Å². The van der Waals surface area contributed by atoms with Crippen molar-refractivity contribution in [2.75, 3.05) is 13.2 Å². The molecule has 3 heteroatoms. The fourth-order valence-corrected chi connectivity index (χ4v) is 2.03. The van der Waals surface area contributed by atoms with E-state index in [1.54, 1.807) is 6.92 Å². The quantitative estimate of drug-likeness (QED) is 0.337. The lowest BCUT2D eigenvalue weighted by Crippen LogP contribution is -2.24. The van der Waals surface area contributed by atoms with E-state index in [9.17, 15) is 4.79 Å². The van der Waals surface area contributed by atoms with Crippen LogP contribution in [0.25, 0.3) is 0 Å². The van der Waals surface area contributed by atoms with E-state index in [2.05, 4.69) is 13.8 Å². The molecule has 0 heterocycles. The summed E-state index contributed by atoms with van der Waals surface area (Å²) in [6.45, 7) is 7.38. The van der Waals surface area contributed by atoms with Gasteiger partial charge in [0, 0.05) is 6.61 Å². The summed E-state index contributed by atoms with van der Waals surface area (Å²) in [4.78, 5) is 11.7. The molecule has 0 amide bonds. The second-order valence-corrected chi connectivity index (χ2v) is 5.51. The van der Waals surface area contributed by atoms with Crippen LogP contribution in [0.5, 0.6) is 0 Å². The van der Waals surface area contributed by atoms with Crippen molar-refractivity contribution in [1.82, 2.24) is 0 Å². The highest BCUT2D eigenvalue weighted by Crippen LogP contribution is 2.05. The molecule has 0 aliphatic carbocycles. The number of esters is 1. The topological polar surface area (TPSA) is 35.5 Å². The molecule has 0 radical (unpaired) electrons. The third kappa shape index (κ3) is 12.5. The Morgan fingerprint density at radius 2 is 1.30 bits per heavy atom. The number of ether oxygens (including phenoxy) is 2. The predicted molar refractivity (Wildman–Crippen MR) is 83.9 cm³/mol. The van der Waals surface area contributed by atoms with Gasteiger partial charge in [0.05, 0.1) is 6.61 Å². The molecule has 3 nitrogen and oxygen atoms in total. The van der Waals surface area contributed by atoms with Gasteiger partial charge < -0.3 is 9.47 Å². The van der Waals surface area contributed by atoms with Gasteiger partial charge in [-0.25, -0.2) is 4.79 Å². The van der Waals surface area contributed by atoms with Crippen LogP contribution >= 0.6 is 0 Å². The maximum absolute atomic E-state index is 11.7. The molecule has 120 valence electrons. The number of carbonyl (C=O) groups excluding carboxylic acids is 1. The van der Waals surface area contributed by atoms with Crippen LogP contribution in [-0.4, -0.2) is 25.3 Å². The Morgan fingerprint density at radius 1 is 0.800 bits per heavy atom. The SMILES string of the molecule is CCCCCCCOC(=O)C(C)OCCCCCCC. The van der Waals surface area contributed by atoms with Gasteiger partial charge in [0.2, 0.25) is 0 Å². The van der Waals surface area contributed by atoms with Crippen LogP contribution in [0.1, 0.15) is 85.0 Å². The molecule has 0 saturated heterocycles. The molecule has 0 fully saturated rings. The number of unbranched alkanes of at least 4 members (excludes halogenated alkanes) is 8. The third-order valence-electron chi connectivity index (χ3n) is 3.44. The van der Waals surface area contributed by atoms with Gasteiger partial charge in [-0.05, 0) is 19.8 Å². The van der Waals surface area contributed by atoms with Crippen LogP contribution in [0.2, 0.25) is 0 Å². The van der Waals surface area contributed by atoms with E-state index in [-0.39, 0.29) is 5.97 Å². The molecule has 1 unspecified atom stereocenters. The molecule has 0 aliphatic rings. The van der Waals surface area contributed by atoms with Gasteiger partial charge in [-0.1, -0.05) is 65.2 Å². The number of hydrogen-bond donors (Lipinski definition) is 0. The van der Waals surface area contributed by atoms with Crippen molar-refractivity contribution in [3.63, 3.8) is 0 Å². The summed E-state index contributed by atoms with van der Waals surface area (Å²) < 4.78 is 10.7. The largest absolute Gasteiger partial charge is 0.464 e. The zero-order valence-corrected chi connectivity index (χ0v) is 13.8. The Morgan fingerprint density at radius 3 is 1.85 bits per heavy atom. The van der Waals surface area contributed by atoms with Crippen molar-refractivity contribution in [3.05, 3.63) is 0 Å². The van der Waals surface area contributed by atoms with Crippen molar-refractivity contribution < 1.29 is 14.3 Å². The molecule has 0 aromatic carbocycles. The van der Waals surface area contributed by atoms with Crippen molar-refractivity contribution in [2.24, 2.45) is 0 Å². The monoisotopic (exact) mass is 286 g/mol. The fraction of sp³-hybridized carbons (Fsp3) is 0.941. The van der Waals surface area contributed by atoms with Crippen LogP contribution in [0, 0.1) is 0 Å². The second-order valence-electron chi connectivity index (χ2n) is 5.51. The van der Waals surface area contributed by atoms with Crippen LogP contribution in [0.4, 0.5) is 0 Å². The first kappa shape index (κ1) is 19.4. The molecular weight excluding hydrogens is 252 g/mol. The molecule has 1 atom stereocenters. The van der Waals surface area contributed by atoms with Crippen molar-refractivity contribution in [2.45, 2.75) is 91.1 Å². The summed E-state index contributed by atoms with van der Waals surface area (Å²) in [7, 11) is 0. The maximum atomic E-state index is 11.7. The number of carbonyl (C=O) groups is 1. The van der Waals surface area contributed by atoms with E-state index >= 15 is 0 Å². The van der Waals surface area contributed by atoms with Crippen LogP contribution < -0.4 is 0 Å². The van der Waals surface area contributed by atoms with Crippen LogP contribution in [0.3, 0.4) is 0 Å². The minimum atomic E-state index is -0.420. The zero-order valence-electron chi connectivity index (χ0n) is 13.8. The van der Waals surface area contributed by atoms with E-state index in [1.165, 1.54) is 44.9 Å². The first-order valence-corrected chi connectivity index (χ1v) is 8.50. The van der Waals surface area contributed by atoms with Gasteiger partial charge in [-0.2, -0.15) is 0 Å². The van der Waals surface area contributed by atoms with Crippen LogP contribution in [-0.2, 0) is 14.3 Å². The summed E-state index contributed by atoms with van der Waals surface area (Å²) in [6, 6.07) is 0. The normalized spacial score (nSPS) is 12.3. The van der Waals surface area contributed by atoms with Crippen molar-refractivity contribution >= 4 is 5.97 Å². The highest BCUT2D eigenvalue weighted by molar-refractivity contribution is 5.74. The van der Waals surface area contributed by atoms with Gasteiger partial charge in [0.25, 0.3) is 0 Å². The summed E-state index contributed by atoms with van der Waals surface area (Å²) in [5.74, 6) is -0.214. The first-order chi connectivity index (χ1) is 9.72. The standard InChI is InChI=1S/C17H34O3/c1-4-6-8-10-12-14-19-16(3)17(18)20-15-13-11-9-7-5-2/h16H,4-15H2,1-3H3. The van der Waals surface area contributed by atoms with Crippen molar-refractivity contribution in [1.29, 1.82) is 0 Å². The molecule has 0 saturated carbocycles. The van der Waals surface area contributed by atoms with E-state index in [0.717, 1.165) is 19.3 Å². The Hall–Kier alpha value is -0.570. The molecule has 20 heavy (non-hydrogen) atoms. The molecule has 0 bridgehead atoms. The Balaban J connectivity index is 3.37. The fourth-order valence-electron chi connectivity index (χ4n) is 2.03. The average molecular weight is 286 g/mol. The van der Waals surface area contributed by atoms with Gasteiger partial charge >= 0.3 is 5.97 Å². The molecule has 0 N–H and O–H groups in total. The summed E-state index contributed by atoms with van der Waals surface area (Å²) in [5, 5.41) is 0. The van der Waals surface area contributed by atoms with Gasteiger partial charge in [-0.3, -0.25) is 0 Å². The van der Waals surface area contributed by atoms with Crippen LogP contribution in [0.15, 0.2) is 0 Å². The molecule has 0 aromatic rings. The van der Waals surface area contributed by atoms with E-state index < -0.39 is 6.10 Å². The average Bonchev–Trinajstić information content (AvgIpc) is 2.45. The predicted octanol–water partition coefficient (Wildman–Crippen LogP) is 4.88.